The molecule has 0 amide bonds. The second kappa shape index (κ2) is 10.5. The number of benzene rings is 1. The summed E-state index contributed by atoms with van der Waals surface area (Å²) in [5.74, 6) is 2.42. The summed E-state index contributed by atoms with van der Waals surface area (Å²) < 4.78 is 10.6. The summed E-state index contributed by atoms with van der Waals surface area (Å²) >= 11 is 0. The number of ether oxygens (including phenoxy) is 2. The number of hydrogen-bond donors (Lipinski definition) is 1. The Hall–Kier alpha value is -1.22. The standard InChI is InChI=1S/C18H31NO2/c1-5-7-8-15(6-2)14-19-12-11-16-9-10-17(20-3)18(13-16)21-4/h9-10,13,15,19H,5-8,11-12,14H2,1-4H3. The van der Waals surface area contributed by atoms with Gasteiger partial charge in [0.2, 0.25) is 0 Å². The molecule has 0 radical (unpaired) electrons. The van der Waals surface area contributed by atoms with Gasteiger partial charge in [-0.25, -0.2) is 0 Å². The van der Waals surface area contributed by atoms with Crippen LogP contribution in [-0.2, 0) is 6.42 Å². The lowest BCUT2D eigenvalue weighted by molar-refractivity contribution is 0.354. The van der Waals surface area contributed by atoms with Crippen LogP contribution in [-0.4, -0.2) is 27.3 Å². The predicted molar refractivity (Wildman–Crippen MR) is 89.4 cm³/mol. The van der Waals surface area contributed by atoms with Crippen LogP contribution in [0.3, 0.4) is 0 Å². The molecule has 0 saturated carbocycles. The molecule has 3 nitrogen and oxygen atoms in total. The molecule has 1 atom stereocenters. The van der Waals surface area contributed by atoms with Crippen molar-refractivity contribution in [1.82, 2.24) is 5.32 Å². The van der Waals surface area contributed by atoms with E-state index in [1.807, 2.05) is 6.07 Å². The summed E-state index contributed by atoms with van der Waals surface area (Å²) in [6.07, 6.45) is 6.27. The number of rotatable bonds is 11. The highest BCUT2D eigenvalue weighted by Gasteiger charge is 2.06. The lowest BCUT2D eigenvalue weighted by Crippen LogP contribution is -2.24. The number of nitrogens with one attached hydrogen (secondary N) is 1. The second-order valence-electron chi connectivity index (χ2n) is 5.56. The van der Waals surface area contributed by atoms with Crippen LogP contribution in [0, 0.1) is 5.92 Å². The Morgan fingerprint density at radius 3 is 2.48 bits per heavy atom. The fourth-order valence-corrected chi connectivity index (χ4v) is 2.52. The zero-order chi connectivity index (χ0) is 15.5. The van der Waals surface area contributed by atoms with Gasteiger partial charge in [-0.05, 0) is 49.5 Å². The van der Waals surface area contributed by atoms with Gasteiger partial charge < -0.3 is 14.8 Å². The third kappa shape index (κ3) is 6.38. The highest BCUT2D eigenvalue weighted by atomic mass is 16.5. The SMILES string of the molecule is CCCCC(CC)CNCCc1ccc(OC)c(OC)c1. The van der Waals surface area contributed by atoms with E-state index in [1.165, 1.54) is 31.2 Å². The molecule has 3 heteroatoms. The maximum absolute atomic E-state index is 5.34. The minimum atomic E-state index is 0.792. The van der Waals surface area contributed by atoms with Crippen LogP contribution in [0.25, 0.3) is 0 Å². The molecule has 0 saturated heterocycles. The minimum Gasteiger partial charge on any atom is -0.493 e. The van der Waals surface area contributed by atoms with E-state index >= 15 is 0 Å². The van der Waals surface area contributed by atoms with Crippen molar-refractivity contribution in [2.75, 3.05) is 27.3 Å². The van der Waals surface area contributed by atoms with Gasteiger partial charge >= 0.3 is 0 Å². The van der Waals surface area contributed by atoms with Gasteiger partial charge in [-0.2, -0.15) is 0 Å². The van der Waals surface area contributed by atoms with Crippen molar-refractivity contribution in [3.05, 3.63) is 23.8 Å². The highest BCUT2D eigenvalue weighted by molar-refractivity contribution is 5.42. The minimum absolute atomic E-state index is 0.792. The van der Waals surface area contributed by atoms with Crippen molar-refractivity contribution in [2.45, 2.75) is 46.0 Å². The van der Waals surface area contributed by atoms with Crippen molar-refractivity contribution in [3.63, 3.8) is 0 Å². The van der Waals surface area contributed by atoms with Gasteiger partial charge in [0, 0.05) is 0 Å². The van der Waals surface area contributed by atoms with E-state index in [0.717, 1.165) is 36.9 Å². The van der Waals surface area contributed by atoms with Crippen LogP contribution in [0.4, 0.5) is 0 Å². The lowest BCUT2D eigenvalue weighted by Gasteiger charge is -2.15. The Bertz CT molecular complexity index is 393. The fraction of sp³-hybridized carbons (Fsp3) is 0.667. The van der Waals surface area contributed by atoms with E-state index < -0.39 is 0 Å². The van der Waals surface area contributed by atoms with Crippen LogP contribution in [0.15, 0.2) is 18.2 Å². The van der Waals surface area contributed by atoms with E-state index in [2.05, 4.69) is 31.3 Å². The molecule has 1 N–H and O–H groups in total. The van der Waals surface area contributed by atoms with Gasteiger partial charge in [0.1, 0.15) is 0 Å². The quantitative estimate of drug-likeness (QED) is 0.624. The summed E-state index contributed by atoms with van der Waals surface area (Å²) in [5, 5.41) is 3.59. The van der Waals surface area contributed by atoms with E-state index in [0.29, 0.717) is 0 Å². The summed E-state index contributed by atoms with van der Waals surface area (Å²) in [6.45, 7) is 6.69. The van der Waals surface area contributed by atoms with Gasteiger partial charge in [-0.1, -0.05) is 39.2 Å². The highest BCUT2D eigenvalue weighted by Crippen LogP contribution is 2.27. The summed E-state index contributed by atoms with van der Waals surface area (Å²) in [7, 11) is 3.35. The van der Waals surface area contributed by atoms with Gasteiger partial charge in [0.25, 0.3) is 0 Å². The number of unbranched alkanes of at least 4 members (excludes halogenated alkanes) is 1. The molecule has 0 aliphatic carbocycles. The van der Waals surface area contributed by atoms with Gasteiger partial charge in [0.15, 0.2) is 11.5 Å². The lowest BCUT2D eigenvalue weighted by atomic mass is 9.99. The summed E-state index contributed by atoms with van der Waals surface area (Å²) in [4.78, 5) is 0. The molecule has 120 valence electrons. The van der Waals surface area contributed by atoms with Crippen molar-refractivity contribution in [1.29, 1.82) is 0 Å². The van der Waals surface area contributed by atoms with Crippen LogP contribution >= 0.6 is 0 Å². The molecule has 0 fully saturated rings. The Kier molecular flexibility index (Phi) is 8.91. The first kappa shape index (κ1) is 17.8. The number of methoxy groups -OCH3 is 2. The van der Waals surface area contributed by atoms with Crippen LogP contribution in [0.2, 0.25) is 0 Å². The Morgan fingerprint density at radius 1 is 1.10 bits per heavy atom. The number of hydrogen-bond acceptors (Lipinski definition) is 3. The molecule has 21 heavy (non-hydrogen) atoms. The normalized spacial score (nSPS) is 12.2. The molecule has 0 aliphatic rings. The van der Waals surface area contributed by atoms with E-state index in [4.69, 9.17) is 9.47 Å². The van der Waals surface area contributed by atoms with Gasteiger partial charge in [0.05, 0.1) is 14.2 Å². The third-order valence-electron chi connectivity index (χ3n) is 4.01. The molecular weight excluding hydrogens is 262 g/mol. The molecule has 0 heterocycles. The van der Waals surface area contributed by atoms with Crippen molar-refractivity contribution in [2.24, 2.45) is 5.92 Å². The van der Waals surface area contributed by atoms with E-state index in [9.17, 15) is 0 Å². The van der Waals surface area contributed by atoms with Crippen molar-refractivity contribution < 1.29 is 9.47 Å². The first-order chi connectivity index (χ1) is 10.2. The molecule has 1 unspecified atom stereocenters. The Balaban J connectivity index is 2.35. The third-order valence-corrected chi connectivity index (χ3v) is 4.01. The average molecular weight is 293 g/mol. The molecule has 0 aliphatic heterocycles. The van der Waals surface area contributed by atoms with Crippen molar-refractivity contribution >= 4 is 0 Å². The van der Waals surface area contributed by atoms with Crippen molar-refractivity contribution in [3.8, 4) is 11.5 Å². The Morgan fingerprint density at radius 2 is 1.86 bits per heavy atom. The first-order valence-electron chi connectivity index (χ1n) is 8.16. The molecular formula is C18H31NO2. The largest absolute Gasteiger partial charge is 0.493 e. The zero-order valence-electron chi connectivity index (χ0n) is 14.1. The maximum Gasteiger partial charge on any atom is 0.160 e. The van der Waals surface area contributed by atoms with E-state index in [1.54, 1.807) is 14.2 Å². The van der Waals surface area contributed by atoms with Crippen LogP contribution in [0.5, 0.6) is 11.5 Å². The van der Waals surface area contributed by atoms with Gasteiger partial charge in [-0.15, -0.1) is 0 Å². The molecule has 1 aromatic rings. The molecule has 0 bridgehead atoms. The van der Waals surface area contributed by atoms with E-state index in [-0.39, 0.29) is 0 Å². The zero-order valence-corrected chi connectivity index (χ0v) is 14.1. The average Bonchev–Trinajstić information content (AvgIpc) is 2.53. The second-order valence-corrected chi connectivity index (χ2v) is 5.56. The van der Waals surface area contributed by atoms with Crippen LogP contribution in [0.1, 0.15) is 45.1 Å². The molecule has 0 spiro atoms. The smallest absolute Gasteiger partial charge is 0.160 e. The molecule has 0 aromatic heterocycles. The fourth-order valence-electron chi connectivity index (χ4n) is 2.52. The summed E-state index contributed by atoms with van der Waals surface area (Å²) in [5.41, 5.74) is 1.28. The van der Waals surface area contributed by atoms with Gasteiger partial charge in [-0.3, -0.25) is 0 Å². The predicted octanol–water partition coefficient (Wildman–Crippen LogP) is 4.05. The molecule has 1 rings (SSSR count). The first-order valence-corrected chi connectivity index (χ1v) is 8.16. The molecule has 1 aromatic carbocycles. The maximum atomic E-state index is 5.34. The van der Waals surface area contributed by atoms with Crippen LogP contribution < -0.4 is 14.8 Å². The monoisotopic (exact) mass is 293 g/mol. The summed E-state index contributed by atoms with van der Waals surface area (Å²) in [6, 6.07) is 6.15. The Labute approximate surface area is 130 Å². The topological polar surface area (TPSA) is 30.5 Å².